The van der Waals surface area contributed by atoms with Crippen molar-refractivity contribution in [3.05, 3.63) is 59.7 Å². The van der Waals surface area contributed by atoms with E-state index in [4.69, 9.17) is 9.47 Å². The van der Waals surface area contributed by atoms with E-state index in [1.54, 1.807) is 19.1 Å². The molecule has 1 unspecified atom stereocenters. The summed E-state index contributed by atoms with van der Waals surface area (Å²) in [6, 6.07) is 9.98. The van der Waals surface area contributed by atoms with E-state index < -0.39 is 17.7 Å². The Hall–Kier alpha value is -3.16. The monoisotopic (exact) mass is 418 g/mol. The van der Waals surface area contributed by atoms with Crippen molar-refractivity contribution in [2.75, 3.05) is 19.7 Å². The van der Waals surface area contributed by atoms with Crippen molar-refractivity contribution in [3.63, 3.8) is 0 Å². The van der Waals surface area contributed by atoms with Crippen LogP contribution in [0, 0.1) is 17.6 Å². The third-order valence-electron chi connectivity index (χ3n) is 4.84. The molecular formula is C22H24F2N2O4. The number of halogens is 2. The van der Waals surface area contributed by atoms with E-state index in [1.165, 1.54) is 35.2 Å². The third-order valence-corrected chi connectivity index (χ3v) is 4.84. The molecule has 0 bridgehead atoms. The normalized spacial score (nSPS) is 16.1. The molecule has 1 saturated heterocycles. The van der Waals surface area contributed by atoms with Crippen LogP contribution in [0.5, 0.6) is 11.5 Å². The van der Waals surface area contributed by atoms with Gasteiger partial charge in [0, 0.05) is 19.6 Å². The highest BCUT2D eigenvalue weighted by molar-refractivity contribution is 5.80. The second kappa shape index (κ2) is 10.0. The molecule has 1 heterocycles. The Kier molecular flexibility index (Phi) is 7.21. The van der Waals surface area contributed by atoms with E-state index in [2.05, 4.69) is 5.32 Å². The molecule has 1 fully saturated rings. The van der Waals surface area contributed by atoms with Crippen molar-refractivity contribution in [1.82, 2.24) is 10.2 Å². The predicted octanol–water partition coefficient (Wildman–Crippen LogP) is 4.24. The fourth-order valence-electron chi connectivity index (χ4n) is 3.29. The molecule has 2 amide bonds. The summed E-state index contributed by atoms with van der Waals surface area (Å²) in [7, 11) is 0. The standard InChI is InChI=1S/C22H24F2N2O4/c1-2-29-22(28)26-11-5-6-16(14-26)21(27)25-13-15-9-10-20(18(24)12-15)30-19-8-4-3-7-17(19)23/h3-4,7-10,12,16H,2,5-6,11,13-14H2,1H3,(H,25,27). The molecule has 1 atom stereocenters. The maximum absolute atomic E-state index is 14.3. The minimum Gasteiger partial charge on any atom is -0.451 e. The molecule has 0 aromatic heterocycles. The lowest BCUT2D eigenvalue weighted by Crippen LogP contribution is -2.45. The van der Waals surface area contributed by atoms with Gasteiger partial charge in [-0.15, -0.1) is 0 Å². The Bertz CT molecular complexity index is 906. The number of hydrogen-bond donors (Lipinski definition) is 1. The van der Waals surface area contributed by atoms with E-state index in [0.717, 1.165) is 0 Å². The van der Waals surface area contributed by atoms with Crippen LogP contribution in [-0.4, -0.2) is 36.6 Å². The summed E-state index contributed by atoms with van der Waals surface area (Å²) < 4.78 is 38.3. The first-order valence-electron chi connectivity index (χ1n) is 9.88. The first-order chi connectivity index (χ1) is 14.5. The first-order valence-corrected chi connectivity index (χ1v) is 9.88. The van der Waals surface area contributed by atoms with Crippen LogP contribution in [0.2, 0.25) is 0 Å². The van der Waals surface area contributed by atoms with Gasteiger partial charge in [-0.2, -0.15) is 0 Å². The van der Waals surface area contributed by atoms with Gasteiger partial charge in [0.1, 0.15) is 0 Å². The van der Waals surface area contributed by atoms with Crippen LogP contribution < -0.4 is 10.1 Å². The van der Waals surface area contributed by atoms with Gasteiger partial charge in [0.05, 0.1) is 12.5 Å². The van der Waals surface area contributed by atoms with Crippen molar-refractivity contribution >= 4 is 12.0 Å². The Labute approximate surface area is 173 Å². The second-order valence-electron chi connectivity index (χ2n) is 7.00. The minimum atomic E-state index is -0.656. The molecule has 0 radical (unpaired) electrons. The molecule has 1 aliphatic rings. The van der Waals surface area contributed by atoms with Crippen molar-refractivity contribution in [2.45, 2.75) is 26.3 Å². The largest absolute Gasteiger partial charge is 0.451 e. The average molecular weight is 418 g/mol. The summed E-state index contributed by atoms with van der Waals surface area (Å²) in [6.07, 6.45) is 0.974. The Balaban J connectivity index is 1.55. The van der Waals surface area contributed by atoms with Gasteiger partial charge in [0.15, 0.2) is 23.1 Å². The highest BCUT2D eigenvalue weighted by Gasteiger charge is 2.28. The molecule has 6 nitrogen and oxygen atoms in total. The van der Waals surface area contributed by atoms with E-state index >= 15 is 0 Å². The smallest absolute Gasteiger partial charge is 0.409 e. The molecule has 160 valence electrons. The van der Waals surface area contributed by atoms with Crippen LogP contribution in [0.3, 0.4) is 0 Å². The van der Waals surface area contributed by atoms with Crippen molar-refractivity contribution < 1.29 is 27.8 Å². The fourth-order valence-corrected chi connectivity index (χ4v) is 3.29. The molecule has 2 aromatic rings. The highest BCUT2D eigenvalue weighted by Crippen LogP contribution is 2.27. The van der Waals surface area contributed by atoms with Crippen molar-refractivity contribution in [2.24, 2.45) is 5.92 Å². The zero-order chi connectivity index (χ0) is 21.5. The number of benzene rings is 2. The summed E-state index contributed by atoms with van der Waals surface area (Å²) in [6.45, 7) is 3.02. The quantitative estimate of drug-likeness (QED) is 0.762. The first kappa shape index (κ1) is 21.5. The van der Waals surface area contributed by atoms with Gasteiger partial charge in [-0.05, 0) is 49.6 Å². The zero-order valence-electron chi connectivity index (χ0n) is 16.7. The van der Waals surface area contributed by atoms with Gasteiger partial charge < -0.3 is 19.7 Å². The Morgan fingerprint density at radius 2 is 1.90 bits per heavy atom. The summed E-state index contributed by atoms with van der Waals surface area (Å²) in [5.41, 5.74) is 0.541. The summed E-state index contributed by atoms with van der Waals surface area (Å²) in [4.78, 5) is 25.9. The predicted molar refractivity (Wildman–Crippen MR) is 106 cm³/mol. The minimum absolute atomic E-state index is 0.0686. The molecule has 30 heavy (non-hydrogen) atoms. The lowest BCUT2D eigenvalue weighted by molar-refractivity contribution is -0.126. The number of piperidine rings is 1. The van der Waals surface area contributed by atoms with Crippen LogP contribution in [0.25, 0.3) is 0 Å². The molecule has 0 spiro atoms. The second-order valence-corrected chi connectivity index (χ2v) is 7.00. The van der Waals surface area contributed by atoms with Crippen LogP contribution in [0.1, 0.15) is 25.3 Å². The molecule has 1 aliphatic heterocycles. The number of carbonyl (C=O) groups excluding carboxylic acids is 2. The summed E-state index contributed by atoms with van der Waals surface area (Å²) in [5, 5.41) is 2.78. The van der Waals surface area contributed by atoms with E-state index in [9.17, 15) is 18.4 Å². The number of ether oxygens (including phenoxy) is 2. The number of rotatable bonds is 6. The Morgan fingerprint density at radius 1 is 1.13 bits per heavy atom. The number of para-hydroxylation sites is 1. The van der Waals surface area contributed by atoms with Crippen molar-refractivity contribution in [3.8, 4) is 11.5 Å². The molecule has 0 aliphatic carbocycles. The number of hydrogen-bond acceptors (Lipinski definition) is 4. The molecular weight excluding hydrogens is 394 g/mol. The molecule has 8 heteroatoms. The van der Waals surface area contributed by atoms with Gasteiger partial charge in [0.2, 0.25) is 5.91 Å². The van der Waals surface area contributed by atoms with E-state index in [-0.39, 0.29) is 36.5 Å². The summed E-state index contributed by atoms with van der Waals surface area (Å²) in [5.74, 6) is -1.95. The number of nitrogens with zero attached hydrogens (tertiary/aromatic N) is 1. The van der Waals surface area contributed by atoms with Gasteiger partial charge in [0.25, 0.3) is 0 Å². The molecule has 0 saturated carbocycles. The topological polar surface area (TPSA) is 67.9 Å². The van der Waals surface area contributed by atoms with E-state index in [0.29, 0.717) is 31.5 Å². The van der Waals surface area contributed by atoms with Gasteiger partial charge in [-0.1, -0.05) is 18.2 Å². The fraction of sp³-hybridized carbons (Fsp3) is 0.364. The maximum Gasteiger partial charge on any atom is 0.409 e. The van der Waals surface area contributed by atoms with Crippen LogP contribution in [-0.2, 0) is 16.1 Å². The number of likely N-dealkylation sites (tertiary alicyclic amines) is 1. The number of nitrogens with one attached hydrogen (secondary N) is 1. The van der Waals surface area contributed by atoms with Gasteiger partial charge >= 0.3 is 6.09 Å². The maximum atomic E-state index is 14.3. The molecule has 1 N–H and O–H groups in total. The van der Waals surface area contributed by atoms with Gasteiger partial charge in [-0.25, -0.2) is 13.6 Å². The van der Waals surface area contributed by atoms with Crippen LogP contribution in [0.4, 0.5) is 13.6 Å². The highest BCUT2D eigenvalue weighted by atomic mass is 19.1. The van der Waals surface area contributed by atoms with Crippen molar-refractivity contribution in [1.29, 1.82) is 0 Å². The molecule has 3 rings (SSSR count). The van der Waals surface area contributed by atoms with Crippen LogP contribution >= 0.6 is 0 Å². The van der Waals surface area contributed by atoms with E-state index in [1.807, 2.05) is 0 Å². The van der Waals surface area contributed by atoms with Crippen LogP contribution in [0.15, 0.2) is 42.5 Å². The lowest BCUT2D eigenvalue weighted by atomic mass is 9.97. The SMILES string of the molecule is CCOC(=O)N1CCCC(C(=O)NCc2ccc(Oc3ccccc3F)c(F)c2)C1. The third kappa shape index (κ3) is 5.46. The zero-order valence-corrected chi connectivity index (χ0v) is 16.7. The molecule has 2 aromatic carbocycles. The number of amides is 2. The number of carbonyl (C=O) groups is 2. The Morgan fingerprint density at radius 3 is 2.63 bits per heavy atom. The van der Waals surface area contributed by atoms with Gasteiger partial charge in [-0.3, -0.25) is 4.79 Å². The lowest BCUT2D eigenvalue weighted by Gasteiger charge is -2.31. The summed E-state index contributed by atoms with van der Waals surface area (Å²) >= 11 is 0. The average Bonchev–Trinajstić information content (AvgIpc) is 2.75.